The quantitative estimate of drug-likeness (QED) is 0.758. The van der Waals surface area contributed by atoms with Gasteiger partial charge in [0.05, 0.1) is 12.2 Å². The van der Waals surface area contributed by atoms with Gasteiger partial charge in [-0.2, -0.15) is 0 Å². The molecular formula is C13H15N3S. The van der Waals surface area contributed by atoms with Gasteiger partial charge in [0.2, 0.25) is 0 Å². The van der Waals surface area contributed by atoms with E-state index in [2.05, 4.69) is 33.0 Å². The van der Waals surface area contributed by atoms with Gasteiger partial charge >= 0.3 is 0 Å². The van der Waals surface area contributed by atoms with Gasteiger partial charge in [0.25, 0.3) is 0 Å². The van der Waals surface area contributed by atoms with Crippen LogP contribution in [0.1, 0.15) is 12.8 Å². The van der Waals surface area contributed by atoms with Crippen LogP contribution in [-0.4, -0.2) is 31.3 Å². The van der Waals surface area contributed by atoms with Crippen LogP contribution >= 0.6 is 11.8 Å². The predicted molar refractivity (Wildman–Crippen MR) is 73.4 cm³/mol. The molecule has 0 unspecified atom stereocenters. The Kier molecular flexibility index (Phi) is 2.12. The van der Waals surface area contributed by atoms with Gasteiger partial charge in [0, 0.05) is 30.2 Å². The zero-order valence-electron chi connectivity index (χ0n) is 9.72. The summed E-state index contributed by atoms with van der Waals surface area (Å²) < 4.78 is 0. The number of thioether (sulfide) groups is 1. The van der Waals surface area contributed by atoms with Crippen LogP contribution in [0.3, 0.4) is 0 Å². The van der Waals surface area contributed by atoms with Gasteiger partial charge < -0.3 is 9.80 Å². The topological polar surface area (TPSA) is 18.8 Å². The maximum absolute atomic E-state index is 4.53. The van der Waals surface area contributed by atoms with Crippen molar-refractivity contribution in [3.63, 3.8) is 0 Å². The Morgan fingerprint density at radius 3 is 2.88 bits per heavy atom. The zero-order valence-corrected chi connectivity index (χ0v) is 10.5. The fourth-order valence-corrected chi connectivity index (χ4v) is 3.87. The van der Waals surface area contributed by atoms with E-state index in [1.54, 1.807) is 0 Å². The van der Waals surface area contributed by atoms with Crippen LogP contribution in [0.5, 0.6) is 0 Å². The lowest BCUT2D eigenvalue weighted by Gasteiger charge is -2.20. The molecule has 0 aliphatic carbocycles. The molecule has 1 aromatic rings. The van der Waals surface area contributed by atoms with Crippen LogP contribution in [0.2, 0.25) is 0 Å². The van der Waals surface area contributed by atoms with Gasteiger partial charge in [-0.15, -0.1) is 0 Å². The summed E-state index contributed by atoms with van der Waals surface area (Å²) in [5.41, 5.74) is 2.76. The first-order chi connectivity index (χ1) is 8.42. The molecule has 0 radical (unpaired) electrons. The molecule has 0 amide bonds. The largest absolute Gasteiger partial charge is 0.371 e. The maximum Gasteiger partial charge on any atom is 0.168 e. The third-order valence-electron chi connectivity index (χ3n) is 3.71. The number of fused-ring (bicyclic) bond motifs is 3. The van der Waals surface area contributed by atoms with Crippen molar-refractivity contribution in [3.8, 4) is 0 Å². The SMILES string of the molecule is c1cc2c(cc1N1CCCC1)N1CCN=C1S2. The first kappa shape index (κ1) is 9.83. The molecule has 4 rings (SSSR count). The van der Waals surface area contributed by atoms with Crippen LogP contribution < -0.4 is 9.80 Å². The molecule has 3 heterocycles. The summed E-state index contributed by atoms with van der Waals surface area (Å²) in [6.45, 7) is 4.44. The Labute approximate surface area is 106 Å². The summed E-state index contributed by atoms with van der Waals surface area (Å²) in [5, 5.41) is 1.19. The second kappa shape index (κ2) is 3.67. The number of hydrogen-bond acceptors (Lipinski definition) is 4. The van der Waals surface area contributed by atoms with Crippen molar-refractivity contribution < 1.29 is 0 Å². The molecule has 1 saturated heterocycles. The molecule has 3 aliphatic heterocycles. The maximum atomic E-state index is 4.53. The molecular weight excluding hydrogens is 230 g/mol. The second-order valence-corrected chi connectivity index (χ2v) is 5.77. The van der Waals surface area contributed by atoms with E-state index < -0.39 is 0 Å². The molecule has 1 aromatic carbocycles. The van der Waals surface area contributed by atoms with E-state index in [1.165, 1.54) is 47.4 Å². The average Bonchev–Trinajstić information content (AvgIpc) is 3.05. The van der Waals surface area contributed by atoms with E-state index >= 15 is 0 Å². The summed E-state index contributed by atoms with van der Waals surface area (Å²) in [6.07, 6.45) is 2.67. The van der Waals surface area contributed by atoms with Crippen molar-refractivity contribution in [1.29, 1.82) is 0 Å². The van der Waals surface area contributed by atoms with Crippen LogP contribution in [0, 0.1) is 0 Å². The Bertz CT molecular complexity index is 491. The van der Waals surface area contributed by atoms with Crippen molar-refractivity contribution >= 4 is 28.3 Å². The second-order valence-electron chi connectivity index (χ2n) is 4.76. The third-order valence-corrected chi connectivity index (χ3v) is 4.80. The number of aliphatic imine (C=N–C) groups is 1. The highest BCUT2D eigenvalue weighted by Gasteiger charge is 2.30. The predicted octanol–water partition coefficient (Wildman–Crippen LogP) is 2.57. The Morgan fingerprint density at radius 2 is 2.00 bits per heavy atom. The van der Waals surface area contributed by atoms with Gasteiger partial charge in [0.1, 0.15) is 0 Å². The van der Waals surface area contributed by atoms with Crippen LogP contribution in [0.4, 0.5) is 11.4 Å². The molecule has 0 aromatic heterocycles. The Balaban J connectivity index is 1.73. The normalized spacial score (nSPS) is 21.8. The van der Waals surface area contributed by atoms with Gasteiger partial charge in [-0.05, 0) is 42.8 Å². The van der Waals surface area contributed by atoms with Gasteiger partial charge in [-0.25, -0.2) is 0 Å². The molecule has 88 valence electrons. The molecule has 0 N–H and O–H groups in total. The number of anilines is 2. The molecule has 0 bridgehead atoms. The first-order valence-electron chi connectivity index (χ1n) is 6.31. The third kappa shape index (κ3) is 1.47. The minimum atomic E-state index is 0.954. The molecule has 3 aliphatic rings. The van der Waals surface area contributed by atoms with E-state index in [0.717, 1.165) is 13.1 Å². The van der Waals surface area contributed by atoms with Crippen LogP contribution in [0.15, 0.2) is 28.1 Å². The Hall–Kier alpha value is -1.16. The lowest BCUT2D eigenvalue weighted by atomic mass is 10.2. The molecule has 4 heteroatoms. The lowest BCUT2D eigenvalue weighted by Crippen LogP contribution is -2.22. The summed E-state index contributed by atoms with van der Waals surface area (Å²) in [4.78, 5) is 10.8. The molecule has 0 spiro atoms. The Morgan fingerprint density at radius 1 is 1.12 bits per heavy atom. The van der Waals surface area contributed by atoms with Crippen molar-refractivity contribution in [2.45, 2.75) is 17.7 Å². The fraction of sp³-hybridized carbons (Fsp3) is 0.462. The fourth-order valence-electron chi connectivity index (χ4n) is 2.81. The summed E-state index contributed by atoms with van der Waals surface area (Å²) in [5.74, 6) is 0. The highest BCUT2D eigenvalue weighted by Crippen LogP contribution is 2.43. The molecule has 3 nitrogen and oxygen atoms in total. The summed E-state index contributed by atoms with van der Waals surface area (Å²) in [7, 11) is 0. The highest BCUT2D eigenvalue weighted by atomic mass is 32.2. The molecule has 1 fully saturated rings. The number of benzene rings is 1. The number of amidine groups is 1. The van der Waals surface area contributed by atoms with Gasteiger partial charge in [-0.3, -0.25) is 4.99 Å². The van der Waals surface area contributed by atoms with E-state index in [-0.39, 0.29) is 0 Å². The van der Waals surface area contributed by atoms with Crippen molar-refractivity contribution in [1.82, 2.24) is 0 Å². The molecule has 0 saturated carbocycles. The van der Waals surface area contributed by atoms with E-state index in [4.69, 9.17) is 0 Å². The van der Waals surface area contributed by atoms with E-state index in [9.17, 15) is 0 Å². The zero-order chi connectivity index (χ0) is 11.2. The number of rotatable bonds is 1. The highest BCUT2D eigenvalue weighted by molar-refractivity contribution is 8.14. The van der Waals surface area contributed by atoms with Gasteiger partial charge in [0.15, 0.2) is 5.17 Å². The summed E-state index contributed by atoms with van der Waals surface area (Å²) in [6, 6.07) is 6.87. The number of hydrogen-bond donors (Lipinski definition) is 0. The van der Waals surface area contributed by atoms with Gasteiger partial charge in [-0.1, -0.05) is 0 Å². The first-order valence-corrected chi connectivity index (χ1v) is 7.12. The minimum Gasteiger partial charge on any atom is -0.371 e. The van der Waals surface area contributed by atoms with E-state index in [1.807, 2.05) is 11.8 Å². The van der Waals surface area contributed by atoms with E-state index in [0.29, 0.717) is 0 Å². The lowest BCUT2D eigenvalue weighted by molar-refractivity contribution is 0.949. The number of nitrogens with zero attached hydrogens (tertiary/aromatic N) is 3. The van der Waals surface area contributed by atoms with Crippen molar-refractivity contribution in [2.24, 2.45) is 4.99 Å². The standard InChI is InChI=1S/C13H15N3S/c1-2-7-15(6-1)10-3-4-12-11(9-10)16-8-5-14-13(16)17-12/h3-4,9H,1-2,5-8H2. The smallest absolute Gasteiger partial charge is 0.168 e. The monoisotopic (exact) mass is 245 g/mol. The summed E-state index contributed by atoms with van der Waals surface area (Å²) >= 11 is 1.82. The molecule has 0 atom stereocenters. The van der Waals surface area contributed by atoms with Crippen LogP contribution in [0.25, 0.3) is 0 Å². The van der Waals surface area contributed by atoms with Crippen LogP contribution in [-0.2, 0) is 0 Å². The average molecular weight is 245 g/mol. The van der Waals surface area contributed by atoms with Crippen molar-refractivity contribution in [3.05, 3.63) is 18.2 Å². The molecule has 17 heavy (non-hydrogen) atoms. The van der Waals surface area contributed by atoms with Crippen molar-refractivity contribution in [2.75, 3.05) is 36.0 Å². The minimum absolute atomic E-state index is 0.954.